The second kappa shape index (κ2) is 9.25. The molecule has 0 aliphatic heterocycles. The lowest BCUT2D eigenvalue weighted by molar-refractivity contribution is -0.139. The van der Waals surface area contributed by atoms with Crippen molar-refractivity contribution in [2.45, 2.75) is 19.4 Å². The number of alkyl carbamates (subject to hydrolysis) is 1. The fourth-order valence-electron chi connectivity index (χ4n) is 1.98. The van der Waals surface area contributed by atoms with Crippen LogP contribution in [0.5, 0.6) is 0 Å². The number of hydrogen-bond acceptors (Lipinski definition) is 4. The molecule has 0 aliphatic rings. The summed E-state index contributed by atoms with van der Waals surface area (Å²) in [6.45, 7) is 1.95. The number of esters is 1. The first kappa shape index (κ1) is 18.2. The predicted octanol–water partition coefficient (Wildman–Crippen LogP) is 3.60. The molecule has 1 aromatic rings. The number of carbonyl (C=O) groups is 2. The molecule has 0 saturated carbocycles. The summed E-state index contributed by atoms with van der Waals surface area (Å²) in [6.07, 6.45) is 3.30. The molecule has 0 heterocycles. The monoisotopic (exact) mass is 369 g/mol. The standard InChI is InChI=1S/C16H20BrNO4/c1-11(7-6-10-14(19)21-2)15(18-16(20)22-3)12-8-4-5-9-13(12)17/h4-9,11,15H,10H2,1-3H3,(H,18,20)/t11-,15+/m1/s1. The van der Waals surface area contributed by atoms with Gasteiger partial charge in [0.1, 0.15) is 0 Å². The van der Waals surface area contributed by atoms with Crippen LogP contribution in [0, 0.1) is 5.92 Å². The third-order valence-corrected chi connectivity index (χ3v) is 3.90. The van der Waals surface area contributed by atoms with Crippen molar-refractivity contribution in [1.29, 1.82) is 0 Å². The third-order valence-electron chi connectivity index (χ3n) is 3.18. The average Bonchev–Trinajstić information content (AvgIpc) is 2.52. The highest BCUT2D eigenvalue weighted by atomic mass is 79.9. The molecule has 1 N–H and O–H groups in total. The van der Waals surface area contributed by atoms with Crippen molar-refractivity contribution in [3.8, 4) is 0 Å². The zero-order valence-electron chi connectivity index (χ0n) is 12.8. The summed E-state index contributed by atoms with van der Waals surface area (Å²) < 4.78 is 10.2. The van der Waals surface area contributed by atoms with Gasteiger partial charge in [-0.05, 0) is 17.5 Å². The van der Waals surface area contributed by atoms with E-state index in [1.807, 2.05) is 37.3 Å². The maximum absolute atomic E-state index is 11.6. The Kier molecular flexibility index (Phi) is 7.66. The topological polar surface area (TPSA) is 64.6 Å². The van der Waals surface area contributed by atoms with Crippen LogP contribution in [0.3, 0.4) is 0 Å². The van der Waals surface area contributed by atoms with Gasteiger partial charge in [-0.15, -0.1) is 0 Å². The van der Waals surface area contributed by atoms with Crippen molar-refractivity contribution in [2.24, 2.45) is 5.92 Å². The second-order valence-corrected chi connectivity index (χ2v) is 5.56. The van der Waals surface area contributed by atoms with E-state index >= 15 is 0 Å². The average molecular weight is 370 g/mol. The van der Waals surface area contributed by atoms with E-state index in [0.29, 0.717) is 0 Å². The normalized spacial score (nSPS) is 13.5. The Morgan fingerprint density at radius 3 is 2.55 bits per heavy atom. The number of nitrogens with one attached hydrogen (secondary N) is 1. The minimum atomic E-state index is -0.506. The quantitative estimate of drug-likeness (QED) is 0.614. The fraction of sp³-hybridized carbons (Fsp3) is 0.375. The molecule has 1 rings (SSSR count). The Balaban J connectivity index is 2.92. The van der Waals surface area contributed by atoms with Gasteiger partial charge in [0.25, 0.3) is 0 Å². The number of ether oxygens (including phenoxy) is 2. The summed E-state index contributed by atoms with van der Waals surface area (Å²) in [5.74, 6) is -0.343. The van der Waals surface area contributed by atoms with Crippen LogP contribution in [0.1, 0.15) is 24.9 Å². The van der Waals surface area contributed by atoms with Gasteiger partial charge in [0.05, 0.1) is 26.7 Å². The van der Waals surface area contributed by atoms with Gasteiger partial charge in [0.2, 0.25) is 0 Å². The molecule has 5 nitrogen and oxygen atoms in total. The third kappa shape index (κ3) is 5.52. The first-order valence-corrected chi connectivity index (χ1v) is 7.61. The molecule has 6 heteroatoms. The van der Waals surface area contributed by atoms with Crippen LogP contribution < -0.4 is 5.32 Å². The van der Waals surface area contributed by atoms with Crippen molar-refractivity contribution in [3.05, 3.63) is 46.5 Å². The second-order valence-electron chi connectivity index (χ2n) is 4.70. The van der Waals surface area contributed by atoms with E-state index in [0.717, 1.165) is 10.0 Å². The van der Waals surface area contributed by atoms with Gasteiger partial charge in [-0.2, -0.15) is 0 Å². The number of amides is 1. The maximum atomic E-state index is 11.6. The molecule has 0 aliphatic carbocycles. The van der Waals surface area contributed by atoms with Crippen LogP contribution in [0.4, 0.5) is 4.79 Å². The molecule has 2 atom stereocenters. The van der Waals surface area contributed by atoms with Crippen molar-refractivity contribution in [1.82, 2.24) is 5.32 Å². The summed E-state index contributed by atoms with van der Waals surface area (Å²) >= 11 is 3.49. The smallest absolute Gasteiger partial charge is 0.407 e. The van der Waals surface area contributed by atoms with Gasteiger partial charge < -0.3 is 14.8 Å². The number of carbonyl (C=O) groups excluding carboxylic acids is 2. The number of halogens is 1. The van der Waals surface area contributed by atoms with Gasteiger partial charge in [-0.1, -0.05) is 53.2 Å². The Bertz CT molecular complexity index is 545. The van der Waals surface area contributed by atoms with E-state index in [1.54, 1.807) is 6.08 Å². The van der Waals surface area contributed by atoms with Gasteiger partial charge >= 0.3 is 12.1 Å². The van der Waals surface area contributed by atoms with Crippen molar-refractivity contribution >= 4 is 28.0 Å². The highest BCUT2D eigenvalue weighted by molar-refractivity contribution is 9.10. The fourth-order valence-corrected chi connectivity index (χ4v) is 2.51. The molecule has 22 heavy (non-hydrogen) atoms. The van der Waals surface area contributed by atoms with E-state index < -0.39 is 6.09 Å². The van der Waals surface area contributed by atoms with Crippen LogP contribution in [0.15, 0.2) is 40.9 Å². The van der Waals surface area contributed by atoms with Gasteiger partial charge in [0, 0.05) is 4.47 Å². The summed E-state index contributed by atoms with van der Waals surface area (Å²) in [6, 6.07) is 7.36. The SMILES string of the molecule is COC(=O)CC=C[C@@H](C)[C@H](NC(=O)OC)c1ccccc1Br. The summed E-state index contributed by atoms with van der Waals surface area (Å²) in [4.78, 5) is 22.7. The molecular formula is C16H20BrNO4. The van der Waals surface area contributed by atoms with Gasteiger partial charge in [0.15, 0.2) is 0 Å². The Labute approximate surface area is 138 Å². The molecule has 120 valence electrons. The molecule has 0 unspecified atom stereocenters. The predicted molar refractivity (Wildman–Crippen MR) is 87.4 cm³/mol. The number of benzene rings is 1. The van der Waals surface area contributed by atoms with E-state index in [9.17, 15) is 9.59 Å². The zero-order valence-corrected chi connectivity index (χ0v) is 14.4. The zero-order chi connectivity index (χ0) is 16.5. The lowest BCUT2D eigenvalue weighted by Gasteiger charge is -2.24. The largest absolute Gasteiger partial charge is 0.469 e. The maximum Gasteiger partial charge on any atom is 0.407 e. The van der Waals surface area contributed by atoms with Gasteiger partial charge in [-0.25, -0.2) is 4.79 Å². The molecule has 0 bridgehead atoms. The van der Waals surface area contributed by atoms with E-state index in [1.165, 1.54) is 14.2 Å². The summed E-state index contributed by atoms with van der Waals surface area (Å²) in [5.41, 5.74) is 0.933. The molecule has 0 aromatic heterocycles. The first-order valence-electron chi connectivity index (χ1n) is 6.82. The minimum Gasteiger partial charge on any atom is -0.469 e. The lowest BCUT2D eigenvalue weighted by atomic mass is 9.94. The lowest BCUT2D eigenvalue weighted by Crippen LogP contribution is -2.32. The van der Waals surface area contributed by atoms with Crippen LogP contribution in [-0.2, 0) is 14.3 Å². The number of methoxy groups -OCH3 is 2. The molecule has 0 fully saturated rings. The van der Waals surface area contributed by atoms with Crippen LogP contribution in [0.25, 0.3) is 0 Å². The van der Waals surface area contributed by atoms with Crippen LogP contribution in [0.2, 0.25) is 0 Å². The Morgan fingerprint density at radius 2 is 1.95 bits per heavy atom. The first-order chi connectivity index (χ1) is 10.5. The highest BCUT2D eigenvalue weighted by Gasteiger charge is 2.22. The molecular weight excluding hydrogens is 350 g/mol. The summed E-state index contributed by atoms with van der Waals surface area (Å²) in [7, 11) is 2.67. The van der Waals surface area contributed by atoms with E-state index in [4.69, 9.17) is 0 Å². The van der Waals surface area contributed by atoms with Crippen LogP contribution in [-0.4, -0.2) is 26.3 Å². The molecule has 1 aromatic carbocycles. The summed E-state index contributed by atoms with van der Waals surface area (Å²) in [5, 5.41) is 2.82. The highest BCUT2D eigenvalue weighted by Crippen LogP contribution is 2.29. The molecule has 0 spiro atoms. The Morgan fingerprint density at radius 1 is 1.27 bits per heavy atom. The van der Waals surface area contributed by atoms with Crippen molar-refractivity contribution in [3.63, 3.8) is 0 Å². The van der Waals surface area contributed by atoms with Gasteiger partial charge in [-0.3, -0.25) is 4.79 Å². The van der Waals surface area contributed by atoms with E-state index in [2.05, 4.69) is 30.7 Å². The number of rotatable bonds is 6. The van der Waals surface area contributed by atoms with Crippen molar-refractivity contribution < 1.29 is 19.1 Å². The van der Waals surface area contributed by atoms with Crippen molar-refractivity contribution in [2.75, 3.05) is 14.2 Å². The molecule has 1 amide bonds. The number of hydrogen-bond donors (Lipinski definition) is 1. The van der Waals surface area contributed by atoms with E-state index in [-0.39, 0.29) is 24.3 Å². The Hall–Kier alpha value is -1.82. The molecule has 0 saturated heterocycles. The van der Waals surface area contributed by atoms with Crippen LogP contribution >= 0.6 is 15.9 Å². The minimum absolute atomic E-state index is 0.0394. The molecule has 0 radical (unpaired) electrons.